The Kier molecular flexibility index (Phi) is 5.98. The number of nitriles is 1. The molecule has 1 aliphatic carbocycles. The molecule has 0 saturated heterocycles. The minimum absolute atomic E-state index is 0.665. The maximum Gasteiger partial charge on any atom is 0.166 e. The summed E-state index contributed by atoms with van der Waals surface area (Å²) in [5.41, 5.74) is 2.68. The van der Waals surface area contributed by atoms with Crippen molar-refractivity contribution in [1.82, 2.24) is 10.2 Å². The highest BCUT2D eigenvalue weighted by Gasteiger charge is 2.16. The van der Waals surface area contributed by atoms with Crippen molar-refractivity contribution >= 4 is 5.82 Å². The maximum absolute atomic E-state index is 9.42. The molecule has 4 heteroatoms. The van der Waals surface area contributed by atoms with Gasteiger partial charge in [0, 0.05) is 6.54 Å². The van der Waals surface area contributed by atoms with E-state index >= 15 is 0 Å². The van der Waals surface area contributed by atoms with Crippen LogP contribution in [-0.4, -0.2) is 16.7 Å². The zero-order valence-corrected chi connectivity index (χ0v) is 13.3. The van der Waals surface area contributed by atoms with Crippen LogP contribution in [0.15, 0.2) is 0 Å². The zero-order chi connectivity index (χ0) is 15.1. The van der Waals surface area contributed by atoms with Gasteiger partial charge in [0.25, 0.3) is 0 Å². The van der Waals surface area contributed by atoms with Crippen LogP contribution in [0.4, 0.5) is 5.82 Å². The normalized spacial score (nSPS) is 15.1. The zero-order valence-electron chi connectivity index (χ0n) is 13.3. The third kappa shape index (κ3) is 3.93. The lowest BCUT2D eigenvalue weighted by Crippen LogP contribution is -2.11. The molecule has 0 unspecified atom stereocenters. The third-order valence-corrected chi connectivity index (χ3v) is 4.51. The molecule has 2 rings (SSSR count). The van der Waals surface area contributed by atoms with Crippen molar-refractivity contribution < 1.29 is 0 Å². The summed E-state index contributed by atoms with van der Waals surface area (Å²) < 4.78 is 0. The van der Waals surface area contributed by atoms with Crippen LogP contribution in [0.3, 0.4) is 0 Å². The second kappa shape index (κ2) is 7.97. The number of anilines is 1. The fourth-order valence-electron chi connectivity index (χ4n) is 3.31. The van der Waals surface area contributed by atoms with Gasteiger partial charge in [-0.2, -0.15) is 10.4 Å². The van der Waals surface area contributed by atoms with Gasteiger partial charge in [-0.1, -0.05) is 39.5 Å². The Morgan fingerprint density at radius 1 is 1.19 bits per heavy atom. The predicted molar refractivity (Wildman–Crippen MR) is 85.2 cm³/mol. The molecule has 21 heavy (non-hydrogen) atoms. The monoisotopic (exact) mass is 286 g/mol. The van der Waals surface area contributed by atoms with E-state index in [4.69, 9.17) is 0 Å². The van der Waals surface area contributed by atoms with Gasteiger partial charge in [-0.3, -0.25) is 0 Å². The molecular formula is C17H26N4. The van der Waals surface area contributed by atoms with Crippen molar-refractivity contribution in [2.24, 2.45) is 5.92 Å². The Labute approximate surface area is 128 Å². The van der Waals surface area contributed by atoms with Crippen molar-refractivity contribution in [3.63, 3.8) is 0 Å². The summed E-state index contributed by atoms with van der Waals surface area (Å²) in [7, 11) is 0. The first-order valence-corrected chi connectivity index (χ1v) is 8.32. The lowest BCUT2D eigenvalue weighted by atomic mass is 10.0. The first-order valence-electron chi connectivity index (χ1n) is 8.32. The molecule has 114 valence electrons. The Hall–Kier alpha value is -1.63. The largest absolute Gasteiger partial charge is 0.367 e. The van der Waals surface area contributed by atoms with Gasteiger partial charge < -0.3 is 5.32 Å². The van der Waals surface area contributed by atoms with Crippen LogP contribution in [0.5, 0.6) is 0 Å². The molecular weight excluding hydrogens is 260 g/mol. The molecule has 0 aliphatic heterocycles. The second-order valence-electron chi connectivity index (χ2n) is 5.89. The summed E-state index contributed by atoms with van der Waals surface area (Å²) in [4.78, 5) is 0. The van der Waals surface area contributed by atoms with Gasteiger partial charge in [-0.25, -0.2) is 0 Å². The smallest absolute Gasteiger partial charge is 0.166 e. The third-order valence-electron chi connectivity index (χ3n) is 4.51. The van der Waals surface area contributed by atoms with E-state index < -0.39 is 0 Å². The van der Waals surface area contributed by atoms with Crippen LogP contribution in [0.25, 0.3) is 0 Å². The summed E-state index contributed by atoms with van der Waals surface area (Å²) >= 11 is 0. The Bertz CT molecular complexity index is 498. The lowest BCUT2D eigenvalue weighted by molar-refractivity contribution is 0.491. The lowest BCUT2D eigenvalue weighted by Gasteiger charge is -2.13. The van der Waals surface area contributed by atoms with Gasteiger partial charge in [-0.15, -0.1) is 5.10 Å². The van der Waals surface area contributed by atoms with Crippen LogP contribution in [0.1, 0.15) is 69.2 Å². The molecule has 1 aliphatic rings. The van der Waals surface area contributed by atoms with Crippen molar-refractivity contribution in [3.8, 4) is 6.07 Å². The summed E-state index contributed by atoms with van der Waals surface area (Å²) in [5, 5.41) is 21.2. The summed E-state index contributed by atoms with van der Waals surface area (Å²) in [6.45, 7) is 5.01. The highest BCUT2D eigenvalue weighted by atomic mass is 15.2. The molecule has 0 atom stereocenters. The van der Waals surface area contributed by atoms with Crippen LogP contribution in [0.2, 0.25) is 0 Å². The van der Waals surface area contributed by atoms with E-state index in [1.165, 1.54) is 32.1 Å². The van der Waals surface area contributed by atoms with E-state index in [0.29, 0.717) is 11.4 Å². The molecule has 4 nitrogen and oxygen atoms in total. The second-order valence-corrected chi connectivity index (χ2v) is 5.89. The van der Waals surface area contributed by atoms with Crippen LogP contribution in [0, 0.1) is 17.2 Å². The highest BCUT2D eigenvalue weighted by Crippen LogP contribution is 2.28. The summed E-state index contributed by atoms with van der Waals surface area (Å²) in [6, 6.07) is 2.31. The minimum atomic E-state index is 0.665. The number of aryl methyl sites for hydroxylation is 1. The standard InChI is InChI=1S/C17H26N4/c1-3-14-15(12-18)17(21-20-16(14)4-2)19-11-7-10-13-8-5-6-9-13/h13H,3-11H2,1-2H3,(H,19,21). The average Bonchev–Trinajstić information content (AvgIpc) is 3.03. The topological polar surface area (TPSA) is 61.6 Å². The van der Waals surface area contributed by atoms with E-state index in [1.54, 1.807) is 0 Å². The quantitative estimate of drug-likeness (QED) is 0.773. The van der Waals surface area contributed by atoms with Gasteiger partial charge in [0.2, 0.25) is 0 Å². The summed E-state index contributed by atoms with van der Waals surface area (Å²) in [5.74, 6) is 1.58. The number of hydrogen-bond acceptors (Lipinski definition) is 4. The molecule has 1 aromatic heterocycles. The Morgan fingerprint density at radius 2 is 1.95 bits per heavy atom. The maximum atomic E-state index is 9.42. The SMILES string of the molecule is CCc1nnc(NCCCC2CCCC2)c(C#N)c1CC. The van der Waals surface area contributed by atoms with Gasteiger partial charge in [0.15, 0.2) is 5.82 Å². The van der Waals surface area contributed by atoms with E-state index in [-0.39, 0.29) is 0 Å². The Balaban J connectivity index is 1.94. The van der Waals surface area contributed by atoms with Crippen LogP contribution in [-0.2, 0) is 12.8 Å². The van der Waals surface area contributed by atoms with Gasteiger partial charge >= 0.3 is 0 Å². The van der Waals surface area contributed by atoms with Crippen molar-refractivity contribution in [3.05, 3.63) is 16.8 Å². The molecule has 1 fully saturated rings. The molecule has 1 saturated carbocycles. The highest BCUT2D eigenvalue weighted by molar-refractivity contribution is 5.56. The molecule has 0 bridgehead atoms. The van der Waals surface area contributed by atoms with Crippen molar-refractivity contribution in [2.75, 3.05) is 11.9 Å². The molecule has 1 heterocycles. The fraction of sp³-hybridized carbons (Fsp3) is 0.706. The first-order chi connectivity index (χ1) is 10.3. The number of hydrogen-bond donors (Lipinski definition) is 1. The van der Waals surface area contributed by atoms with Gasteiger partial charge in [-0.05, 0) is 37.2 Å². The van der Waals surface area contributed by atoms with E-state index in [9.17, 15) is 5.26 Å². The molecule has 0 aromatic carbocycles. The van der Waals surface area contributed by atoms with Crippen molar-refractivity contribution in [2.45, 2.75) is 65.2 Å². The molecule has 1 N–H and O–H groups in total. The van der Waals surface area contributed by atoms with E-state index in [1.807, 2.05) is 0 Å². The number of nitrogens with one attached hydrogen (secondary N) is 1. The molecule has 1 aromatic rings. The van der Waals surface area contributed by atoms with E-state index in [0.717, 1.165) is 43.0 Å². The molecule has 0 amide bonds. The first kappa shape index (κ1) is 15.8. The Morgan fingerprint density at radius 3 is 2.57 bits per heavy atom. The number of aromatic nitrogens is 2. The number of rotatable bonds is 7. The molecule has 0 radical (unpaired) electrons. The van der Waals surface area contributed by atoms with Crippen LogP contribution >= 0.6 is 0 Å². The summed E-state index contributed by atoms with van der Waals surface area (Å²) in [6.07, 6.45) is 9.69. The van der Waals surface area contributed by atoms with E-state index in [2.05, 4.69) is 35.4 Å². The fourth-order valence-corrected chi connectivity index (χ4v) is 3.31. The average molecular weight is 286 g/mol. The van der Waals surface area contributed by atoms with Crippen LogP contribution < -0.4 is 5.32 Å². The van der Waals surface area contributed by atoms with Crippen molar-refractivity contribution in [1.29, 1.82) is 5.26 Å². The number of nitrogens with zero attached hydrogens (tertiary/aromatic N) is 3. The molecule has 0 spiro atoms. The van der Waals surface area contributed by atoms with Gasteiger partial charge in [0.05, 0.1) is 5.69 Å². The van der Waals surface area contributed by atoms with Gasteiger partial charge in [0.1, 0.15) is 11.6 Å². The predicted octanol–water partition coefficient (Wildman–Crippen LogP) is 3.86. The minimum Gasteiger partial charge on any atom is -0.367 e.